The number of carbonyl (C=O) groups excluding carboxylic acids is 1. The summed E-state index contributed by atoms with van der Waals surface area (Å²) in [6.45, 7) is 2.80. The number of benzene rings is 3. The molecule has 162 valence electrons. The quantitative estimate of drug-likeness (QED) is 0.229. The van der Waals surface area contributed by atoms with Gasteiger partial charge < -0.3 is 24.1 Å². The van der Waals surface area contributed by atoms with Gasteiger partial charge in [0.25, 0.3) is 0 Å². The molecule has 6 rings (SSSR count). The highest BCUT2D eigenvalue weighted by Gasteiger charge is 2.31. The van der Waals surface area contributed by atoms with Gasteiger partial charge in [0.2, 0.25) is 12.3 Å². The van der Waals surface area contributed by atoms with Gasteiger partial charge in [0.1, 0.15) is 19.8 Å². The van der Waals surface area contributed by atoms with E-state index in [1.54, 1.807) is 6.07 Å². The number of ether oxygens (including phenoxy) is 4. The summed E-state index contributed by atoms with van der Waals surface area (Å²) in [6.07, 6.45) is 1.88. The monoisotopic (exact) mass is 432 g/mol. The molecule has 0 spiro atoms. The number of aromatic hydroxyl groups is 1. The molecule has 0 aliphatic carbocycles. The Kier molecular flexibility index (Phi) is 4.24. The van der Waals surface area contributed by atoms with Crippen LogP contribution in [0.2, 0.25) is 0 Å². The van der Waals surface area contributed by atoms with Gasteiger partial charge in [0, 0.05) is 25.2 Å². The van der Waals surface area contributed by atoms with Crippen molar-refractivity contribution in [3.05, 3.63) is 42.1 Å². The fourth-order valence-corrected chi connectivity index (χ4v) is 4.93. The average Bonchev–Trinajstić information content (AvgIpc) is 3.44. The summed E-state index contributed by atoms with van der Waals surface area (Å²) in [4.78, 5) is 11.0. The molecule has 0 fully saturated rings. The van der Waals surface area contributed by atoms with Gasteiger partial charge in [-0.15, -0.1) is 0 Å². The summed E-state index contributed by atoms with van der Waals surface area (Å²) >= 11 is 0. The Bertz CT molecular complexity index is 1430. The minimum atomic E-state index is -0.355. The summed E-state index contributed by atoms with van der Waals surface area (Å²) in [5, 5.41) is 16.2. The van der Waals surface area contributed by atoms with E-state index < -0.39 is 0 Å². The zero-order chi connectivity index (χ0) is 21.8. The van der Waals surface area contributed by atoms with Gasteiger partial charge in [-0.3, -0.25) is 4.79 Å². The number of pyridine rings is 1. The van der Waals surface area contributed by atoms with Gasteiger partial charge in [0.15, 0.2) is 28.7 Å². The molecule has 0 atom stereocenters. The number of nitrogens with zero attached hydrogens (tertiary/aromatic N) is 1. The maximum absolute atomic E-state index is 11.1. The molecule has 0 radical (unpaired) electrons. The predicted molar refractivity (Wildman–Crippen MR) is 117 cm³/mol. The minimum absolute atomic E-state index is 0.128. The lowest BCUT2D eigenvalue weighted by molar-refractivity contribution is -0.662. The molecule has 0 saturated carbocycles. The molecule has 1 aromatic heterocycles. The molecule has 0 unspecified atom stereocenters. The standard InChI is InChI=1S/C25H21NO6/c1-14(27)29-9-10-30-20-7-6-16-17-5-4-15-11-21-22(32-13-31-21)12-18(15)24(17)26-8-2-3-19(26)23(16)25(20)28/h4-7,11-12H,2-3,8-10,13H2,1H3/p+1. The van der Waals surface area contributed by atoms with Crippen molar-refractivity contribution in [3.8, 4) is 23.0 Å². The van der Waals surface area contributed by atoms with Crippen molar-refractivity contribution in [1.82, 2.24) is 0 Å². The van der Waals surface area contributed by atoms with E-state index in [1.807, 2.05) is 12.1 Å². The lowest BCUT2D eigenvalue weighted by atomic mass is 9.98. The zero-order valence-electron chi connectivity index (χ0n) is 17.6. The second-order valence-corrected chi connectivity index (χ2v) is 8.11. The number of phenols is 1. The highest BCUT2D eigenvalue weighted by Crippen LogP contribution is 2.43. The van der Waals surface area contributed by atoms with Crippen molar-refractivity contribution in [2.45, 2.75) is 26.3 Å². The Morgan fingerprint density at radius 1 is 1.06 bits per heavy atom. The first kappa shape index (κ1) is 19.0. The van der Waals surface area contributed by atoms with E-state index in [0.29, 0.717) is 5.75 Å². The zero-order valence-corrected chi connectivity index (χ0v) is 17.6. The van der Waals surface area contributed by atoms with Gasteiger partial charge in [-0.1, -0.05) is 6.07 Å². The van der Waals surface area contributed by atoms with Crippen LogP contribution in [-0.4, -0.2) is 31.1 Å². The molecule has 3 heterocycles. The van der Waals surface area contributed by atoms with Crippen molar-refractivity contribution < 1.29 is 33.4 Å². The first-order chi connectivity index (χ1) is 15.6. The molecule has 4 aromatic rings. The fraction of sp³-hybridized carbons (Fsp3) is 0.280. The molecular weight excluding hydrogens is 410 g/mol. The summed E-state index contributed by atoms with van der Waals surface area (Å²) in [5.74, 6) is 1.70. The van der Waals surface area contributed by atoms with Crippen LogP contribution in [0.4, 0.5) is 0 Å². The van der Waals surface area contributed by atoms with Crippen LogP contribution in [0.3, 0.4) is 0 Å². The number of hydrogen-bond acceptors (Lipinski definition) is 6. The SMILES string of the molecule is CC(=O)OCCOc1ccc2c(c1O)c1[n+](c3c4cc5c(cc4ccc23)OCO5)CCC1. The van der Waals surface area contributed by atoms with Crippen LogP contribution in [0.25, 0.3) is 32.4 Å². The summed E-state index contributed by atoms with van der Waals surface area (Å²) < 4.78 is 24.2. The van der Waals surface area contributed by atoms with E-state index in [-0.39, 0.29) is 31.7 Å². The van der Waals surface area contributed by atoms with E-state index in [9.17, 15) is 9.90 Å². The molecule has 1 N–H and O–H groups in total. The summed E-state index contributed by atoms with van der Waals surface area (Å²) in [5.41, 5.74) is 2.24. The molecule has 0 amide bonds. The Morgan fingerprint density at radius 2 is 1.88 bits per heavy atom. The van der Waals surface area contributed by atoms with E-state index in [0.717, 1.165) is 69.0 Å². The van der Waals surface area contributed by atoms with Crippen LogP contribution in [0.1, 0.15) is 19.0 Å². The van der Waals surface area contributed by atoms with Crippen LogP contribution in [0, 0.1) is 0 Å². The van der Waals surface area contributed by atoms with E-state index in [4.69, 9.17) is 18.9 Å². The maximum atomic E-state index is 11.1. The predicted octanol–water partition coefficient (Wildman–Crippen LogP) is 3.76. The third-order valence-corrected chi connectivity index (χ3v) is 6.24. The molecule has 7 nitrogen and oxygen atoms in total. The van der Waals surface area contributed by atoms with Crippen LogP contribution in [0.15, 0.2) is 36.4 Å². The van der Waals surface area contributed by atoms with E-state index >= 15 is 0 Å². The summed E-state index contributed by atoms with van der Waals surface area (Å²) in [7, 11) is 0. The number of fused-ring (bicyclic) bond motifs is 9. The average molecular weight is 432 g/mol. The Hall–Kier alpha value is -3.74. The van der Waals surface area contributed by atoms with Crippen LogP contribution >= 0.6 is 0 Å². The minimum Gasteiger partial charge on any atom is -0.504 e. The van der Waals surface area contributed by atoms with Crippen molar-refractivity contribution in [3.63, 3.8) is 0 Å². The van der Waals surface area contributed by atoms with Crippen LogP contribution < -0.4 is 18.8 Å². The number of aryl methyl sites for hydroxylation is 2. The van der Waals surface area contributed by atoms with Crippen molar-refractivity contribution in [1.29, 1.82) is 0 Å². The third-order valence-electron chi connectivity index (χ3n) is 6.24. The number of carbonyl (C=O) groups is 1. The number of hydrogen-bond donors (Lipinski definition) is 1. The van der Waals surface area contributed by atoms with E-state index in [2.05, 4.69) is 22.8 Å². The van der Waals surface area contributed by atoms with Gasteiger partial charge in [-0.05, 0) is 35.7 Å². The van der Waals surface area contributed by atoms with Crippen molar-refractivity contribution in [2.24, 2.45) is 0 Å². The van der Waals surface area contributed by atoms with Crippen LogP contribution in [-0.2, 0) is 22.5 Å². The number of rotatable bonds is 4. The largest absolute Gasteiger partial charge is 0.504 e. The lowest BCUT2D eigenvalue weighted by Crippen LogP contribution is -2.34. The Labute approximate surface area is 183 Å². The second-order valence-electron chi connectivity index (χ2n) is 8.11. The molecule has 3 aromatic carbocycles. The highest BCUT2D eigenvalue weighted by atomic mass is 16.7. The Balaban J connectivity index is 1.56. The van der Waals surface area contributed by atoms with E-state index in [1.165, 1.54) is 6.92 Å². The number of phenolic OH excluding ortho intramolecular Hbond substituents is 1. The number of aromatic nitrogens is 1. The Morgan fingerprint density at radius 3 is 2.72 bits per heavy atom. The van der Waals surface area contributed by atoms with Gasteiger partial charge in [-0.25, -0.2) is 0 Å². The van der Waals surface area contributed by atoms with Crippen molar-refractivity contribution in [2.75, 3.05) is 20.0 Å². The molecule has 7 heteroatoms. The van der Waals surface area contributed by atoms with Gasteiger partial charge in [0.05, 0.1) is 16.2 Å². The molecule has 0 bridgehead atoms. The van der Waals surface area contributed by atoms with Gasteiger partial charge >= 0.3 is 5.97 Å². The maximum Gasteiger partial charge on any atom is 0.302 e. The second kappa shape index (κ2) is 7.15. The molecule has 32 heavy (non-hydrogen) atoms. The smallest absolute Gasteiger partial charge is 0.302 e. The molecule has 2 aliphatic heterocycles. The molecule has 2 aliphatic rings. The van der Waals surface area contributed by atoms with Crippen molar-refractivity contribution >= 4 is 38.4 Å². The topological polar surface area (TPSA) is 78.1 Å². The fourth-order valence-electron chi connectivity index (χ4n) is 4.93. The van der Waals surface area contributed by atoms with Gasteiger partial charge in [-0.2, -0.15) is 4.57 Å². The highest BCUT2D eigenvalue weighted by molar-refractivity contribution is 6.16. The summed E-state index contributed by atoms with van der Waals surface area (Å²) in [6, 6.07) is 12.1. The first-order valence-electron chi connectivity index (χ1n) is 10.7. The first-order valence-corrected chi connectivity index (χ1v) is 10.7. The third kappa shape index (κ3) is 2.81. The molecule has 0 saturated heterocycles. The molecular formula is C25H22NO6+. The van der Waals surface area contributed by atoms with Crippen LogP contribution in [0.5, 0.6) is 23.0 Å². The normalized spacial score (nSPS) is 14.3. The lowest BCUT2D eigenvalue weighted by Gasteiger charge is -2.13. The number of esters is 1.